The first kappa shape index (κ1) is 35.2. The van der Waals surface area contributed by atoms with Gasteiger partial charge in [0.05, 0.1) is 35.2 Å². The fourth-order valence-electron chi connectivity index (χ4n) is 6.84. The van der Waals surface area contributed by atoms with Gasteiger partial charge in [0.1, 0.15) is 34.9 Å². The van der Waals surface area contributed by atoms with Crippen LogP contribution in [0.4, 0.5) is 32.7 Å². The number of anilines is 4. The highest BCUT2D eigenvalue weighted by Gasteiger charge is 2.68. The molecule has 2 amide bonds. The number of ether oxygens (including phenoxy) is 3. The molecule has 2 aromatic carbocycles. The fraction of sp³-hybridized carbons (Fsp3) is 0.444. The van der Waals surface area contributed by atoms with E-state index in [1.165, 1.54) is 11.0 Å². The molecule has 2 fully saturated rings. The van der Waals surface area contributed by atoms with Gasteiger partial charge in [-0.2, -0.15) is 4.68 Å². The normalized spacial score (nSPS) is 20.9. The van der Waals surface area contributed by atoms with Gasteiger partial charge in [-0.15, -0.1) is 5.10 Å². The van der Waals surface area contributed by atoms with Gasteiger partial charge in [-0.1, -0.05) is 6.07 Å². The number of sulfone groups is 1. The molecule has 1 N–H and O–H groups in total. The summed E-state index contributed by atoms with van der Waals surface area (Å²) in [5.41, 5.74) is -0.352. The fourth-order valence-corrected chi connectivity index (χ4v) is 8.04. The Morgan fingerprint density at radius 3 is 2.29 bits per heavy atom. The zero-order valence-corrected chi connectivity index (χ0v) is 30.9. The average Bonchev–Trinajstić information content (AvgIpc) is 3.65. The van der Waals surface area contributed by atoms with Gasteiger partial charge in [0.15, 0.2) is 15.7 Å². The number of nitrogens with one attached hydrogen (secondary N) is 1. The molecule has 52 heavy (non-hydrogen) atoms. The van der Waals surface area contributed by atoms with E-state index in [1.807, 2.05) is 23.1 Å². The lowest BCUT2D eigenvalue weighted by molar-refractivity contribution is -0.120. The predicted octanol–water partition coefficient (Wildman–Crippen LogP) is 5.30. The predicted molar refractivity (Wildman–Crippen MR) is 193 cm³/mol. The van der Waals surface area contributed by atoms with Crippen LogP contribution in [0.3, 0.4) is 0 Å². The van der Waals surface area contributed by atoms with Crippen molar-refractivity contribution in [1.82, 2.24) is 19.7 Å². The number of hydrogen-bond acceptors (Lipinski definition) is 13. The molecule has 4 aromatic rings. The Morgan fingerprint density at radius 1 is 0.923 bits per heavy atom. The smallest absolute Gasteiger partial charge is 0.435 e. The van der Waals surface area contributed by atoms with Crippen LogP contribution < -0.4 is 19.9 Å². The van der Waals surface area contributed by atoms with Gasteiger partial charge in [-0.05, 0) is 89.4 Å². The van der Waals surface area contributed by atoms with Gasteiger partial charge in [-0.3, -0.25) is 4.79 Å². The number of benzene rings is 2. The minimum absolute atomic E-state index is 0.0407. The molecule has 2 aromatic heterocycles. The maximum atomic E-state index is 14.3. The zero-order chi connectivity index (χ0) is 37.4. The maximum absolute atomic E-state index is 14.3. The molecule has 2 aliphatic heterocycles. The number of methoxy groups -OCH3 is 1. The van der Waals surface area contributed by atoms with Crippen LogP contribution in [0.2, 0.25) is 0 Å². The Morgan fingerprint density at radius 2 is 1.62 bits per heavy atom. The van der Waals surface area contributed by atoms with Crippen LogP contribution >= 0.6 is 0 Å². The minimum atomic E-state index is -3.08. The summed E-state index contributed by atoms with van der Waals surface area (Å²) in [7, 11) is -1.53. The summed E-state index contributed by atoms with van der Waals surface area (Å²) >= 11 is 0. The first-order valence-electron chi connectivity index (χ1n) is 17.0. The summed E-state index contributed by atoms with van der Waals surface area (Å²) in [4.78, 5) is 52.9. The van der Waals surface area contributed by atoms with Crippen molar-refractivity contribution in [2.45, 2.75) is 70.5 Å². The second-order valence-corrected chi connectivity index (χ2v) is 17.6. The molecule has 0 bridgehead atoms. The Balaban J connectivity index is 1.25. The number of nitrogens with zero attached hydrogens (tertiary/aromatic N) is 6. The zero-order valence-electron chi connectivity index (χ0n) is 30.1. The molecule has 1 saturated heterocycles. The summed E-state index contributed by atoms with van der Waals surface area (Å²) in [6, 6.07) is 12.4. The van der Waals surface area contributed by atoms with Crippen molar-refractivity contribution in [2.24, 2.45) is 0 Å². The van der Waals surface area contributed by atoms with Crippen molar-refractivity contribution in [1.29, 1.82) is 0 Å². The van der Waals surface area contributed by atoms with E-state index in [4.69, 9.17) is 14.2 Å². The Labute approximate surface area is 301 Å². The van der Waals surface area contributed by atoms with E-state index in [2.05, 4.69) is 20.4 Å². The van der Waals surface area contributed by atoms with E-state index >= 15 is 0 Å². The molecule has 1 aliphatic carbocycles. The minimum Gasteiger partial charge on any atom is -0.497 e. The van der Waals surface area contributed by atoms with E-state index in [0.29, 0.717) is 64.9 Å². The third kappa shape index (κ3) is 6.39. The summed E-state index contributed by atoms with van der Waals surface area (Å²) in [5, 5.41) is 8.40. The molecule has 0 unspecified atom stereocenters. The van der Waals surface area contributed by atoms with Crippen LogP contribution in [0.1, 0.15) is 65.0 Å². The molecular weight excluding hydrogens is 691 g/mol. The molecule has 274 valence electrons. The molecule has 1 spiro atoms. The van der Waals surface area contributed by atoms with Crippen molar-refractivity contribution in [3.8, 4) is 5.75 Å². The molecule has 3 aliphatic rings. The van der Waals surface area contributed by atoms with E-state index in [1.54, 1.807) is 72.9 Å². The molecule has 4 heterocycles. The van der Waals surface area contributed by atoms with Crippen LogP contribution in [-0.4, -0.2) is 89.2 Å². The van der Waals surface area contributed by atoms with Crippen LogP contribution in [-0.2, 0) is 29.5 Å². The molecule has 1 saturated carbocycles. The lowest BCUT2D eigenvalue weighted by Gasteiger charge is -2.27. The van der Waals surface area contributed by atoms with Gasteiger partial charge in [-0.25, -0.2) is 32.9 Å². The van der Waals surface area contributed by atoms with E-state index in [0.717, 1.165) is 10.5 Å². The van der Waals surface area contributed by atoms with Crippen LogP contribution in [0, 0.1) is 0 Å². The molecule has 7 rings (SSSR count). The van der Waals surface area contributed by atoms with Crippen LogP contribution in [0.15, 0.2) is 48.8 Å². The summed E-state index contributed by atoms with van der Waals surface area (Å²) in [6.07, 6.45) is 0.349. The molecule has 15 nitrogen and oxygen atoms in total. The van der Waals surface area contributed by atoms with Gasteiger partial charge in [0.2, 0.25) is 5.91 Å². The first-order chi connectivity index (χ1) is 24.4. The second kappa shape index (κ2) is 12.2. The molecule has 2 atom stereocenters. The lowest BCUT2D eigenvalue weighted by atomic mass is 9.91. The standard InChI is InChI=1S/C36H41N7O8S/c1-34(2,3)50-32(45)42-26-11-9-22(49-7)17-24(26)36(31(42)44)19-25(36)21-8-10-23-27(16-21)43(33(46)51-35(4,5)6)40-30(23)39-28-18-29(38-20-37-28)41-12-14-52(47,48)15-13-41/h8-11,16-18,20,25H,12-15,19H2,1-7H3,(H,37,38,39,40)/t25-,36-/m0/s1. The lowest BCUT2D eigenvalue weighted by Crippen LogP contribution is -2.41. The Hall–Kier alpha value is -5.25. The molecular formula is C36H41N7O8S. The topological polar surface area (TPSA) is 175 Å². The number of fused-ring (bicyclic) bond motifs is 3. The van der Waals surface area contributed by atoms with Crippen LogP contribution in [0.5, 0.6) is 5.75 Å². The number of carbonyl (C=O) groups is 3. The molecule has 0 radical (unpaired) electrons. The first-order valence-corrected chi connectivity index (χ1v) is 18.8. The highest BCUT2D eigenvalue weighted by atomic mass is 32.2. The number of amides is 2. The summed E-state index contributed by atoms with van der Waals surface area (Å²) in [6.45, 7) is 11.1. The van der Waals surface area contributed by atoms with E-state index < -0.39 is 38.6 Å². The quantitative estimate of drug-likeness (QED) is 0.280. The number of rotatable bonds is 5. The average molecular weight is 732 g/mol. The summed E-state index contributed by atoms with van der Waals surface area (Å²) < 4.78 is 42.0. The highest BCUT2D eigenvalue weighted by Crippen LogP contribution is 2.67. The van der Waals surface area contributed by atoms with Gasteiger partial charge >= 0.3 is 12.2 Å². The highest BCUT2D eigenvalue weighted by molar-refractivity contribution is 7.91. The third-order valence-electron chi connectivity index (χ3n) is 9.29. The number of hydrogen-bond donors (Lipinski definition) is 1. The van der Waals surface area contributed by atoms with Gasteiger partial charge in [0, 0.05) is 30.5 Å². The van der Waals surface area contributed by atoms with Crippen molar-refractivity contribution >= 4 is 62.0 Å². The number of imide groups is 1. The SMILES string of the molecule is COc1ccc2c(c1)[C@]1(C[C@H]1c1ccc3c(Nc4cc(N5CCS(=O)(=O)CC5)ncn4)nn(C(=O)OC(C)(C)C)c3c1)C(=O)N2C(=O)OC(C)(C)C. The Kier molecular flexibility index (Phi) is 8.23. The van der Waals surface area contributed by atoms with Crippen molar-refractivity contribution in [3.63, 3.8) is 0 Å². The van der Waals surface area contributed by atoms with Gasteiger partial charge < -0.3 is 24.4 Å². The number of carbonyl (C=O) groups excluding carboxylic acids is 3. The second-order valence-electron chi connectivity index (χ2n) is 15.3. The number of aromatic nitrogens is 4. The van der Waals surface area contributed by atoms with E-state index in [9.17, 15) is 22.8 Å². The monoisotopic (exact) mass is 731 g/mol. The maximum Gasteiger partial charge on any atom is 0.435 e. The summed E-state index contributed by atoms with van der Waals surface area (Å²) in [5.74, 6) is 1.19. The van der Waals surface area contributed by atoms with Crippen LogP contribution in [0.25, 0.3) is 10.9 Å². The van der Waals surface area contributed by atoms with Crippen molar-refractivity contribution in [3.05, 3.63) is 59.9 Å². The Bertz CT molecular complexity index is 2230. The van der Waals surface area contributed by atoms with Crippen molar-refractivity contribution < 1.29 is 37.0 Å². The largest absolute Gasteiger partial charge is 0.497 e. The third-order valence-corrected chi connectivity index (χ3v) is 10.9. The molecule has 16 heteroatoms. The van der Waals surface area contributed by atoms with Gasteiger partial charge in [0.25, 0.3) is 0 Å². The van der Waals surface area contributed by atoms with E-state index in [-0.39, 0.29) is 23.3 Å². The van der Waals surface area contributed by atoms with Crippen molar-refractivity contribution in [2.75, 3.05) is 46.8 Å².